The predicted molar refractivity (Wildman–Crippen MR) is 90.3 cm³/mol. The zero-order valence-electron chi connectivity index (χ0n) is 13.4. The molecule has 2 aromatic rings. The van der Waals surface area contributed by atoms with Crippen LogP contribution in [0.3, 0.4) is 0 Å². The fourth-order valence-electron chi connectivity index (χ4n) is 3.68. The molecule has 5 heteroatoms. The van der Waals surface area contributed by atoms with Gasteiger partial charge < -0.3 is 15.0 Å². The van der Waals surface area contributed by atoms with Gasteiger partial charge in [-0.25, -0.2) is 0 Å². The summed E-state index contributed by atoms with van der Waals surface area (Å²) in [5.74, 6) is 0.661. The van der Waals surface area contributed by atoms with Gasteiger partial charge in [0.25, 0.3) is 5.91 Å². The van der Waals surface area contributed by atoms with Gasteiger partial charge in [0.05, 0.1) is 12.5 Å². The number of nitrogens with zero attached hydrogens (tertiary/aromatic N) is 1. The summed E-state index contributed by atoms with van der Waals surface area (Å²) >= 11 is 0. The van der Waals surface area contributed by atoms with E-state index in [-0.39, 0.29) is 11.8 Å². The highest BCUT2D eigenvalue weighted by Crippen LogP contribution is 2.44. The van der Waals surface area contributed by atoms with Crippen molar-refractivity contribution in [2.45, 2.75) is 11.8 Å². The van der Waals surface area contributed by atoms with Crippen LogP contribution in [-0.4, -0.2) is 36.9 Å². The monoisotopic (exact) mass is 322 g/mol. The second-order valence-electron chi connectivity index (χ2n) is 6.29. The topological polar surface area (TPSA) is 58.6 Å². The maximum Gasteiger partial charge on any atom is 0.253 e. The number of carbonyl (C=O) groups excluding carboxylic acids is 2. The van der Waals surface area contributed by atoms with Gasteiger partial charge in [-0.2, -0.15) is 0 Å². The zero-order valence-corrected chi connectivity index (χ0v) is 13.4. The summed E-state index contributed by atoms with van der Waals surface area (Å²) in [6, 6.07) is 14.8. The van der Waals surface area contributed by atoms with Crippen LogP contribution in [0.5, 0.6) is 5.75 Å². The quantitative estimate of drug-likeness (QED) is 0.924. The Hall–Kier alpha value is -2.82. The first-order valence-corrected chi connectivity index (χ1v) is 7.98. The lowest BCUT2D eigenvalue weighted by molar-refractivity contribution is -0.120. The van der Waals surface area contributed by atoms with Crippen LogP contribution < -0.4 is 10.1 Å². The third-order valence-electron chi connectivity index (χ3n) is 5.02. The van der Waals surface area contributed by atoms with Gasteiger partial charge in [0.2, 0.25) is 5.91 Å². The number of nitrogens with one attached hydrogen (secondary N) is 1. The molecule has 1 unspecified atom stereocenters. The van der Waals surface area contributed by atoms with Gasteiger partial charge in [-0.05, 0) is 42.3 Å². The van der Waals surface area contributed by atoms with Gasteiger partial charge in [-0.1, -0.05) is 18.2 Å². The summed E-state index contributed by atoms with van der Waals surface area (Å²) < 4.78 is 5.13. The molecule has 2 aliphatic heterocycles. The van der Waals surface area contributed by atoms with Crippen molar-refractivity contribution in [2.24, 2.45) is 0 Å². The van der Waals surface area contributed by atoms with E-state index in [1.165, 1.54) is 0 Å². The lowest BCUT2D eigenvalue weighted by Crippen LogP contribution is -2.39. The SMILES string of the molecule is COc1ccc(C(=O)N2CCC3(C2)C(=O)Nc2ccccc23)cc1. The molecule has 2 aliphatic rings. The van der Waals surface area contributed by atoms with Crippen LogP contribution in [0, 0.1) is 0 Å². The van der Waals surface area contributed by atoms with Crippen LogP contribution in [0.4, 0.5) is 5.69 Å². The van der Waals surface area contributed by atoms with Crippen LogP contribution in [0.15, 0.2) is 48.5 Å². The Morgan fingerprint density at radius 1 is 1.17 bits per heavy atom. The molecule has 2 amide bonds. The summed E-state index contributed by atoms with van der Waals surface area (Å²) in [4.78, 5) is 27.1. The van der Waals surface area contributed by atoms with Crippen molar-refractivity contribution in [3.8, 4) is 5.75 Å². The van der Waals surface area contributed by atoms with Crippen molar-refractivity contribution in [3.05, 3.63) is 59.7 Å². The second kappa shape index (κ2) is 5.37. The first kappa shape index (κ1) is 14.8. The van der Waals surface area contributed by atoms with Crippen molar-refractivity contribution < 1.29 is 14.3 Å². The molecule has 5 nitrogen and oxygen atoms in total. The standard InChI is InChI=1S/C19H18N2O3/c1-24-14-8-6-13(7-9-14)17(22)21-11-10-19(12-21)15-4-2-3-5-16(15)20-18(19)23/h2-9H,10-12H2,1H3,(H,20,23). The van der Waals surface area contributed by atoms with Gasteiger partial charge >= 0.3 is 0 Å². The van der Waals surface area contributed by atoms with Crippen molar-refractivity contribution in [1.29, 1.82) is 0 Å². The molecule has 2 heterocycles. The molecule has 24 heavy (non-hydrogen) atoms. The number of amides is 2. The smallest absolute Gasteiger partial charge is 0.253 e. The van der Waals surface area contributed by atoms with Gasteiger partial charge in [-0.15, -0.1) is 0 Å². The average molecular weight is 322 g/mol. The number of hydrogen-bond acceptors (Lipinski definition) is 3. The Labute approximate surface area is 140 Å². The minimum absolute atomic E-state index is 0.00580. The molecule has 1 fully saturated rings. The number of ether oxygens (including phenoxy) is 1. The minimum Gasteiger partial charge on any atom is -0.497 e. The predicted octanol–water partition coefficient (Wildman–Crippen LogP) is 2.43. The third kappa shape index (κ3) is 2.08. The molecule has 0 aliphatic carbocycles. The summed E-state index contributed by atoms with van der Waals surface area (Å²) in [6.45, 7) is 0.993. The third-order valence-corrected chi connectivity index (χ3v) is 5.02. The molecule has 0 bridgehead atoms. The molecule has 0 radical (unpaired) electrons. The largest absolute Gasteiger partial charge is 0.497 e. The number of methoxy groups -OCH3 is 1. The molecule has 1 spiro atoms. The van der Waals surface area contributed by atoms with Crippen molar-refractivity contribution in [3.63, 3.8) is 0 Å². The first-order chi connectivity index (χ1) is 11.6. The molecule has 0 aromatic heterocycles. The molecule has 2 aromatic carbocycles. The number of carbonyl (C=O) groups is 2. The first-order valence-electron chi connectivity index (χ1n) is 7.98. The molecular weight excluding hydrogens is 304 g/mol. The lowest BCUT2D eigenvalue weighted by atomic mass is 9.81. The Morgan fingerprint density at radius 3 is 2.67 bits per heavy atom. The minimum atomic E-state index is -0.612. The molecule has 122 valence electrons. The van der Waals surface area contributed by atoms with Crippen LogP contribution in [0.25, 0.3) is 0 Å². The van der Waals surface area contributed by atoms with E-state index in [0.29, 0.717) is 30.8 Å². The second-order valence-corrected chi connectivity index (χ2v) is 6.29. The maximum atomic E-state index is 12.8. The number of rotatable bonds is 2. The van der Waals surface area contributed by atoms with Crippen molar-refractivity contribution >= 4 is 17.5 Å². The molecule has 1 N–H and O–H groups in total. The Balaban J connectivity index is 1.60. The summed E-state index contributed by atoms with van der Waals surface area (Å²) in [5, 5.41) is 2.95. The highest BCUT2D eigenvalue weighted by atomic mass is 16.5. The van der Waals surface area contributed by atoms with Gasteiger partial charge in [0, 0.05) is 24.3 Å². The van der Waals surface area contributed by atoms with E-state index in [1.807, 2.05) is 24.3 Å². The van der Waals surface area contributed by atoms with E-state index in [4.69, 9.17) is 4.74 Å². The van der Waals surface area contributed by atoms with Crippen molar-refractivity contribution in [2.75, 3.05) is 25.5 Å². The van der Waals surface area contributed by atoms with E-state index in [1.54, 1.807) is 36.3 Å². The molecule has 1 saturated heterocycles. The highest BCUT2D eigenvalue weighted by molar-refractivity contribution is 6.07. The number of likely N-dealkylation sites (tertiary alicyclic amines) is 1. The van der Waals surface area contributed by atoms with Crippen molar-refractivity contribution in [1.82, 2.24) is 4.90 Å². The number of benzene rings is 2. The van der Waals surface area contributed by atoms with Crippen LogP contribution in [-0.2, 0) is 10.2 Å². The van der Waals surface area contributed by atoms with Gasteiger partial charge in [0.15, 0.2) is 0 Å². The van der Waals surface area contributed by atoms with E-state index in [0.717, 1.165) is 11.3 Å². The van der Waals surface area contributed by atoms with E-state index in [2.05, 4.69) is 5.32 Å². The fraction of sp³-hybridized carbons (Fsp3) is 0.263. The molecule has 0 saturated carbocycles. The van der Waals surface area contributed by atoms with Crippen LogP contribution in [0.2, 0.25) is 0 Å². The van der Waals surface area contributed by atoms with Gasteiger partial charge in [-0.3, -0.25) is 9.59 Å². The summed E-state index contributed by atoms with van der Waals surface area (Å²) in [5.41, 5.74) is 1.86. The van der Waals surface area contributed by atoms with E-state index in [9.17, 15) is 9.59 Å². The van der Waals surface area contributed by atoms with E-state index >= 15 is 0 Å². The number of hydrogen-bond donors (Lipinski definition) is 1. The number of para-hydroxylation sites is 1. The molecule has 4 rings (SSSR count). The van der Waals surface area contributed by atoms with Crippen LogP contribution in [0.1, 0.15) is 22.3 Å². The normalized spacial score (nSPS) is 21.7. The average Bonchev–Trinajstić information content (AvgIpc) is 3.18. The molecular formula is C19H18N2O3. The van der Waals surface area contributed by atoms with Crippen LogP contribution >= 0.6 is 0 Å². The highest BCUT2D eigenvalue weighted by Gasteiger charge is 2.51. The Morgan fingerprint density at radius 2 is 1.92 bits per heavy atom. The Bertz CT molecular complexity index is 816. The van der Waals surface area contributed by atoms with E-state index < -0.39 is 5.41 Å². The summed E-state index contributed by atoms with van der Waals surface area (Å²) in [7, 11) is 1.59. The summed E-state index contributed by atoms with van der Waals surface area (Å²) in [6.07, 6.45) is 0.651. The lowest BCUT2D eigenvalue weighted by Gasteiger charge is -2.22. The van der Waals surface area contributed by atoms with Gasteiger partial charge in [0.1, 0.15) is 5.75 Å². The Kier molecular flexibility index (Phi) is 3.30. The number of anilines is 1. The maximum absolute atomic E-state index is 12.8. The zero-order chi connectivity index (χ0) is 16.7. The fourth-order valence-corrected chi connectivity index (χ4v) is 3.68. The number of fused-ring (bicyclic) bond motifs is 2. The molecule has 1 atom stereocenters.